The summed E-state index contributed by atoms with van der Waals surface area (Å²) < 4.78 is 50.5. The Hall–Kier alpha value is -0.960. The molecule has 1 saturated heterocycles. The van der Waals surface area contributed by atoms with Gasteiger partial charge in [-0.15, -0.1) is 0 Å². The van der Waals surface area contributed by atoms with Crippen molar-refractivity contribution in [1.82, 2.24) is 10.0 Å². The molecule has 118 valence electrons. The fourth-order valence-corrected chi connectivity index (χ4v) is 6.19. The van der Waals surface area contributed by atoms with Gasteiger partial charge in [0.05, 0.1) is 16.4 Å². The third-order valence-electron chi connectivity index (χ3n) is 3.47. The summed E-state index contributed by atoms with van der Waals surface area (Å²) in [6.07, 6.45) is 0.296. The van der Waals surface area contributed by atoms with Crippen LogP contribution in [0.4, 0.5) is 0 Å². The molecule has 1 aliphatic heterocycles. The normalized spacial score (nSPS) is 25.0. The van der Waals surface area contributed by atoms with E-state index in [9.17, 15) is 16.8 Å². The van der Waals surface area contributed by atoms with Crippen molar-refractivity contribution in [2.45, 2.75) is 30.3 Å². The van der Waals surface area contributed by atoms with Crippen molar-refractivity contribution in [2.24, 2.45) is 0 Å². The molecule has 8 heteroatoms. The molecule has 1 fully saturated rings. The van der Waals surface area contributed by atoms with Crippen LogP contribution >= 0.6 is 0 Å². The minimum Gasteiger partial charge on any atom is -0.316 e. The first-order valence-corrected chi connectivity index (χ1v) is 9.94. The second kappa shape index (κ2) is 5.68. The smallest absolute Gasteiger partial charge is 0.241 e. The quantitative estimate of drug-likeness (QED) is 0.807. The minimum atomic E-state index is -3.74. The van der Waals surface area contributed by atoms with Crippen molar-refractivity contribution in [3.8, 4) is 0 Å². The van der Waals surface area contributed by atoms with Crippen molar-refractivity contribution >= 4 is 19.9 Å². The van der Waals surface area contributed by atoms with Crippen molar-refractivity contribution in [2.75, 3.05) is 18.6 Å². The lowest BCUT2D eigenvalue weighted by molar-refractivity contribution is 0.461. The molecule has 0 aliphatic carbocycles. The molecule has 1 aliphatic rings. The molecule has 2 rings (SSSR count). The van der Waals surface area contributed by atoms with E-state index in [1.54, 1.807) is 26.1 Å². The minimum absolute atomic E-state index is 0.0197. The van der Waals surface area contributed by atoms with Crippen molar-refractivity contribution in [3.05, 3.63) is 29.8 Å². The number of sulfonamides is 1. The Morgan fingerprint density at radius 2 is 2.05 bits per heavy atom. The third kappa shape index (κ3) is 4.03. The molecule has 0 aromatic heterocycles. The first-order chi connectivity index (χ1) is 9.66. The summed E-state index contributed by atoms with van der Waals surface area (Å²) in [5.74, 6) is -0.138. The van der Waals surface area contributed by atoms with Gasteiger partial charge in [-0.2, -0.15) is 0 Å². The van der Waals surface area contributed by atoms with Gasteiger partial charge in [0.1, 0.15) is 0 Å². The Labute approximate surface area is 125 Å². The average Bonchev–Trinajstić information content (AvgIpc) is 2.63. The van der Waals surface area contributed by atoms with E-state index in [0.717, 1.165) is 5.56 Å². The number of hydrogen-bond donors (Lipinski definition) is 2. The van der Waals surface area contributed by atoms with Crippen molar-refractivity contribution in [3.63, 3.8) is 0 Å². The summed E-state index contributed by atoms with van der Waals surface area (Å²) in [4.78, 5) is 0.153. The average molecular weight is 332 g/mol. The summed E-state index contributed by atoms with van der Waals surface area (Å²) in [6, 6.07) is 6.60. The zero-order chi connectivity index (χ0) is 15.7. The molecule has 6 nitrogen and oxygen atoms in total. The molecule has 1 heterocycles. The van der Waals surface area contributed by atoms with Crippen LogP contribution in [-0.4, -0.2) is 40.9 Å². The van der Waals surface area contributed by atoms with E-state index in [2.05, 4.69) is 10.0 Å². The SMILES string of the molecule is CNCc1cccc(S(=O)(=O)NC2(C)CCS(=O)(=O)C2)c1. The van der Waals surface area contributed by atoms with Gasteiger partial charge in [0.15, 0.2) is 9.84 Å². The third-order valence-corrected chi connectivity index (χ3v) is 7.01. The second-order valence-electron chi connectivity index (χ2n) is 5.69. The highest BCUT2D eigenvalue weighted by atomic mass is 32.2. The molecule has 0 spiro atoms. The topological polar surface area (TPSA) is 92.3 Å². The summed E-state index contributed by atoms with van der Waals surface area (Å²) in [5.41, 5.74) is -0.0824. The van der Waals surface area contributed by atoms with E-state index in [4.69, 9.17) is 0 Å². The molecule has 0 saturated carbocycles. The number of rotatable bonds is 5. The summed E-state index contributed by atoms with van der Waals surface area (Å²) in [7, 11) is -5.12. The van der Waals surface area contributed by atoms with Crippen molar-refractivity contribution in [1.29, 1.82) is 0 Å². The molecular weight excluding hydrogens is 312 g/mol. The summed E-state index contributed by atoms with van der Waals surface area (Å²) in [5, 5.41) is 2.96. The molecule has 0 bridgehead atoms. The predicted molar refractivity (Wildman–Crippen MR) is 81.2 cm³/mol. The molecule has 2 N–H and O–H groups in total. The fraction of sp³-hybridized carbons (Fsp3) is 0.538. The number of sulfone groups is 1. The molecule has 0 amide bonds. The zero-order valence-corrected chi connectivity index (χ0v) is 13.7. The predicted octanol–water partition coefficient (Wildman–Crippen LogP) is 0.262. The van der Waals surface area contributed by atoms with Crippen LogP contribution < -0.4 is 10.0 Å². The van der Waals surface area contributed by atoms with Crippen LogP contribution in [0.1, 0.15) is 18.9 Å². The molecule has 1 atom stereocenters. The lowest BCUT2D eigenvalue weighted by atomic mass is 10.0. The highest BCUT2D eigenvalue weighted by molar-refractivity contribution is 7.92. The van der Waals surface area contributed by atoms with Crippen LogP contribution in [0, 0.1) is 0 Å². The Morgan fingerprint density at radius 3 is 2.62 bits per heavy atom. The first-order valence-electron chi connectivity index (χ1n) is 6.64. The van der Waals surface area contributed by atoms with Gasteiger partial charge < -0.3 is 5.32 Å². The number of benzene rings is 1. The van der Waals surface area contributed by atoms with E-state index in [1.165, 1.54) is 6.07 Å². The Kier molecular flexibility index (Phi) is 4.44. The largest absolute Gasteiger partial charge is 0.316 e. The number of hydrogen-bond acceptors (Lipinski definition) is 5. The zero-order valence-electron chi connectivity index (χ0n) is 12.1. The fourth-order valence-electron chi connectivity index (χ4n) is 2.50. The van der Waals surface area contributed by atoms with Crippen LogP contribution in [0.2, 0.25) is 0 Å². The van der Waals surface area contributed by atoms with Crippen LogP contribution in [0.5, 0.6) is 0 Å². The maximum absolute atomic E-state index is 12.4. The van der Waals surface area contributed by atoms with E-state index in [0.29, 0.717) is 13.0 Å². The van der Waals surface area contributed by atoms with Crippen molar-refractivity contribution < 1.29 is 16.8 Å². The van der Waals surface area contributed by atoms with Crippen LogP contribution in [0.15, 0.2) is 29.2 Å². The van der Waals surface area contributed by atoms with E-state index < -0.39 is 25.4 Å². The first kappa shape index (κ1) is 16.4. The maximum Gasteiger partial charge on any atom is 0.241 e. The standard InChI is InChI=1S/C13H20N2O4S2/c1-13(6-7-20(16,17)10-13)15-21(18,19)12-5-3-4-11(8-12)9-14-2/h3-5,8,14-15H,6-7,9-10H2,1-2H3. The van der Waals surface area contributed by atoms with Gasteiger partial charge in [-0.05, 0) is 38.1 Å². The van der Waals surface area contributed by atoms with E-state index in [-0.39, 0.29) is 16.4 Å². The molecular formula is C13H20N2O4S2. The van der Waals surface area contributed by atoms with Gasteiger partial charge in [0.25, 0.3) is 0 Å². The van der Waals surface area contributed by atoms with E-state index >= 15 is 0 Å². The van der Waals surface area contributed by atoms with Gasteiger partial charge in [0.2, 0.25) is 10.0 Å². The monoisotopic (exact) mass is 332 g/mol. The molecule has 21 heavy (non-hydrogen) atoms. The van der Waals surface area contributed by atoms with Gasteiger partial charge in [-0.3, -0.25) is 0 Å². The summed E-state index contributed by atoms with van der Waals surface area (Å²) >= 11 is 0. The van der Waals surface area contributed by atoms with Gasteiger partial charge in [-0.25, -0.2) is 21.6 Å². The maximum atomic E-state index is 12.4. The molecule has 1 unspecified atom stereocenters. The Morgan fingerprint density at radius 1 is 1.33 bits per heavy atom. The van der Waals surface area contributed by atoms with Crippen LogP contribution in [-0.2, 0) is 26.4 Å². The van der Waals surface area contributed by atoms with Gasteiger partial charge in [0, 0.05) is 12.1 Å². The Balaban J connectivity index is 2.25. The van der Waals surface area contributed by atoms with Gasteiger partial charge >= 0.3 is 0 Å². The lowest BCUT2D eigenvalue weighted by Crippen LogP contribution is -2.46. The lowest BCUT2D eigenvalue weighted by Gasteiger charge is -2.23. The molecule has 1 aromatic carbocycles. The van der Waals surface area contributed by atoms with E-state index in [1.807, 2.05) is 6.07 Å². The van der Waals surface area contributed by atoms with Crippen LogP contribution in [0.25, 0.3) is 0 Å². The number of nitrogens with one attached hydrogen (secondary N) is 2. The highest BCUT2D eigenvalue weighted by Gasteiger charge is 2.41. The second-order valence-corrected chi connectivity index (χ2v) is 9.55. The van der Waals surface area contributed by atoms with Gasteiger partial charge in [-0.1, -0.05) is 12.1 Å². The Bertz CT molecular complexity index is 728. The van der Waals surface area contributed by atoms with Crippen LogP contribution in [0.3, 0.4) is 0 Å². The molecule has 0 radical (unpaired) electrons. The summed E-state index contributed by atoms with van der Waals surface area (Å²) in [6.45, 7) is 2.20. The molecule has 1 aromatic rings. The highest BCUT2D eigenvalue weighted by Crippen LogP contribution is 2.25.